The van der Waals surface area contributed by atoms with Crippen molar-refractivity contribution in [1.82, 2.24) is 4.90 Å². The first kappa shape index (κ1) is 15.4. The minimum atomic E-state index is -4.15. The van der Waals surface area contributed by atoms with Crippen LogP contribution in [0.1, 0.15) is 5.56 Å². The maximum absolute atomic E-state index is 12.3. The fourth-order valence-electron chi connectivity index (χ4n) is 2.32. The number of anilines is 1. The average Bonchev–Trinajstić information content (AvgIpc) is 2.46. The Labute approximate surface area is 120 Å². The molecule has 1 saturated heterocycles. The third-order valence-electron chi connectivity index (χ3n) is 3.41. The van der Waals surface area contributed by atoms with Gasteiger partial charge in [-0.25, -0.2) is 0 Å². The molecule has 1 aliphatic heterocycles. The molecule has 0 radical (unpaired) electrons. The highest BCUT2D eigenvalue weighted by atomic mass is 19.4. The van der Waals surface area contributed by atoms with Gasteiger partial charge in [-0.1, -0.05) is 5.16 Å². The fourth-order valence-corrected chi connectivity index (χ4v) is 2.32. The molecule has 1 aliphatic rings. The number of nitrogens with two attached hydrogens (primary N) is 1. The quantitative estimate of drug-likeness (QED) is 0.384. The zero-order valence-electron chi connectivity index (χ0n) is 11.3. The second-order valence-electron chi connectivity index (χ2n) is 4.91. The van der Waals surface area contributed by atoms with Gasteiger partial charge in [0.2, 0.25) is 0 Å². The lowest BCUT2D eigenvalue weighted by Crippen LogP contribution is -2.49. The summed E-state index contributed by atoms with van der Waals surface area (Å²) in [7, 11) is 0. The van der Waals surface area contributed by atoms with Gasteiger partial charge < -0.3 is 15.8 Å². The molecular weight excluding hydrogens is 285 g/mol. The number of oxime groups is 1. The molecule has 1 aromatic carbocycles. The van der Waals surface area contributed by atoms with E-state index in [1.165, 1.54) is 4.90 Å². The lowest BCUT2D eigenvalue weighted by molar-refractivity contribution is -0.146. The number of alkyl halides is 3. The number of hydrogen-bond acceptors (Lipinski definition) is 4. The maximum Gasteiger partial charge on any atom is 0.401 e. The van der Waals surface area contributed by atoms with Crippen molar-refractivity contribution in [3.63, 3.8) is 0 Å². The van der Waals surface area contributed by atoms with E-state index in [1.807, 2.05) is 17.0 Å². The Bertz CT molecular complexity index is 493. The summed E-state index contributed by atoms with van der Waals surface area (Å²) in [6.45, 7) is 0.976. The molecule has 1 fully saturated rings. The highest BCUT2D eigenvalue weighted by molar-refractivity contribution is 5.97. The molecule has 0 atom stereocenters. The highest BCUT2D eigenvalue weighted by Gasteiger charge is 2.32. The van der Waals surface area contributed by atoms with Gasteiger partial charge in [-0.2, -0.15) is 13.2 Å². The Hall–Kier alpha value is -1.96. The minimum Gasteiger partial charge on any atom is -0.409 e. The van der Waals surface area contributed by atoms with E-state index < -0.39 is 12.7 Å². The molecule has 0 aliphatic carbocycles. The summed E-state index contributed by atoms with van der Waals surface area (Å²) in [5.41, 5.74) is 6.98. The van der Waals surface area contributed by atoms with Crippen molar-refractivity contribution in [3.05, 3.63) is 29.8 Å². The van der Waals surface area contributed by atoms with Gasteiger partial charge in [0, 0.05) is 37.4 Å². The van der Waals surface area contributed by atoms with Gasteiger partial charge in [0.05, 0.1) is 6.54 Å². The van der Waals surface area contributed by atoms with E-state index >= 15 is 0 Å². The molecule has 2 rings (SSSR count). The maximum atomic E-state index is 12.3. The van der Waals surface area contributed by atoms with Gasteiger partial charge >= 0.3 is 6.18 Å². The smallest absolute Gasteiger partial charge is 0.401 e. The van der Waals surface area contributed by atoms with Crippen molar-refractivity contribution in [3.8, 4) is 0 Å². The lowest BCUT2D eigenvalue weighted by atomic mass is 10.1. The fraction of sp³-hybridized carbons (Fsp3) is 0.462. The van der Waals surface area contributed by atoms with E-state index in [0.717, 1.165) is 5.69 Å². The summed E-state index contributed by atoms with van der Waals surface area (Å²) >= 11 is 0. The summed E-state index contributed by atoms with van der Waals surface area (Å²) in [6.07, 6.45) is -4.15. The number of nitrogens with zero attached hydrogens (tertiary/aromatic N) is 3. The number of amidine groups is 1. The molecule has 21 heavy (non-hydrogen) atoms. The first-order valence-corrected chi connectivity index (χ1v) is 6.51. The van der Waals surface area contributed by atoms with Crippen molar-refractivity contribution in [2.24, 2.45) is 10.9 Å². The number of benzene rings is 1. The summed E-state index contributed by atoms with van der Waals surface area (Å²) in [5.74, 6) is 0.0246. The van der Waals surface area contributed by atoms with E-state index in [1.54, 1.807) is 12.1 Å². The molecule has 1 heterocycles. The van der Waals surface area contributed by atoms with Crippen LogP contribution in [0.3, 0.4) is 0 Å². The van der Waals surface area contributed by atoms with Crippen LogP contribution in [0.15, 0.2) is 29.4 Å². The van der Waals surface area contributed by atoms with Crippen molar-refractivity contribution < 1.29 is 18.4 Å². The van der Waals surface area contributed by atoms with Gasteiger partial charge in [-0.15, -0.1) is 0 Å². The topological polar surface area (TPSA) is 65.1 Å². The van der Waals surface area contributed by atoms with Gasteiger partial charge in [0.25, 0.3) is 0 Å². The van der Waals surface area contributed by atoms with Crippen molar-refractivity contribution in [2.45, 2.75) is 6.18 Å². The van der Waals surface area contributed by atoms with Crippen molar-refractivity contribution in [2.75, 3.05) is 37.6 Å². The Balaban J connectivity index is 1.93. The second-order valence-corrected chi connectivity index (χ2v) is 4.91. The molecule has 0 amide bonds. The Morgan fingerprint density at radius 2 is 1.71 bits per heavy atom. The molecule has 0 aromatic heterocycles. The summed E-state index contributed by atoms with van der Waals surface area (Å²) in [6, 6.07) is 7.05. The molecular formula is C13H17F3N4O. The predicted octanol–water partition coefficient (Wildman–Crippen LogP) is 1.47. The van der Waals surface area contributed by atoms with Crippen LogP contribution in [0.5, 0.6) is 0 Å². The van der Waals surface area contributed by atoms with Gasteiger partial charge in [0.1, 0.15) is 0 Å². The van der Waals surface area contributed by atoms with Gasteiger partial charge in [-0.3, -0.25) is 4.90 Å². The third kappa shape index (κ3) is 4.25. The Morgan fingerprint density at radius 1 is 1.14 bits per heavy atom. The largest absolute Gasteiger partial charge is 0.409 e. The number of hydrogen-bond donors (Lipinski definition) is 2. The van der Waals surface area contributed by atoms with Crippen LogP contribution in [0.25, 0.3) is 0 Å². The Kier molecular flexibility index (Phi) is 4.56. The zero-order valence-corrected chi connectivity index (χ0v) is 11.3. The van der Waals surface area contributed by atoms with Crippen molar-refractivity contribution >= 4 is 11.5 Å². The number of halogens is 3. The molecule has 116 valence electrons. The van der Waals surface area contributed by atoms with Crippen LogP contribution >= 0.6 is 0 Å². The molecule has 3 N–H and O–H groups in total. The lowest BCUT2D eigenvalue weighted by Gasteiger charge is -2.36. The molecule has 0 bridgehead atoms. The summed E-state index contributed by atoms with van der Waals surface area (Å²) in [5, 5.41) is 11.5. The van der Waals surface area contributed by atoms with Gasteiger partial charge in [0.15, 0.2) is 5.84 Å². The molecule has 0 saturated carbocycles. The molecule has 0 unspecified atom stereocenters. The molecule has 5 nitrogen and oxygen atoms in total. The average molecular weight is 302 g/mol. The SMILES string of the molecule is NC(=NO)c1ccc(N2CCN(CC(F)(F)F)CC2)cc1. The summed E-state index contributed by atoms with van der Waals surface area (Å²) in [4.78, 5) is 3.42. The molecule has 1 aromatic rings. The second kappa shape index (κ2) is 6.21. The minimum absolute atomic E-state index is 0.0246. The van der Waals surface area contributed by atoms with Gasteiger partial charge in [-0.05, 0) is 24.3 Å². The summed E-state index contributed by atoms with van der Waals surface area (Å²) < 4.78 is 36.9. The van der Waals surface area contributed by atoms with E-state index in [9.17, 15) is 13.2 Å². The molecule has 0 spiro atoms. The highest BCUT2D eigenvalue weighted by Crippen LogP contribution is 2.20. The van der Waals surface area contributed by atoms with E-state index in [0.29, 0.717) is 31.7 Å². The van der Waals surface area contributed by atoms with Crippen LogP contribution in [0.4, 0.5) is 18.9 Å². The van der Waals surface area contributed by atoms with Crippen molar-refractivity contribution in [1.29, 1.82) is 0 Å². The monoisotopic (exact) mass is 302 g/mol. The predicted molar refractivity (Wildman–Crippen MR) is 73.7 cm³/mol. The first-order valence-electron chi connectivity index (χ1n) is 6.51. The molecule has 8 heteroatoms. The standard InChI is InChI=1S/C13H17F3N4O/c14-13(15,16)9-19-5-7-20(8-6-19)11-3-1-10(2-4-11)12(17)18-21/h1-4,21H,5-9H2,(H2,17,18). The van der Waals surface area contributed by atoms with E-state index in [2.05, 4.69) is 5.16 Å². The van der Waals surface area contributed by atoms with E-state index in [4.69, 9.17) is 10.9 Å². The number of rotatable bonds is 3. The van der Waals surface area contributed by atoms with Crippen LogP contribution < -0.4 is 10.6 Å². The van der Waals surface area contributed by atoms with Crippen LogP contribution in [-0.2, 0) is 0 Å². The van der Waals surface area contributed by atoms with Crippen LogP contribution in [0, 0.1) is 0 Å². The Morgan fingerprint density at radius 3 is 2.19 bits per heavy atom. The zero-order chi connectivity index (χ0) is 15.5. The normalized spacial score (nSPS) is 18.0. The third-order valence-corrected chi connectivity index (χ3v) is 3.41. The van der Waals surface area contributed by atoms with Crippen LogP contribution in [-0.4, -0.2) is 54.8 Å². The first-order chi connectivity index (χ1) is 9.89. The number of piperazine rings is 1. The van der Waals surface area contributed by atoms with Crippen LogP contribution in [0.2, 0.25) is 0 Å². The van der Waals surface area contributed by atoms with E-state index in [-0.39, 0.29) is 5.84 Å².